The van der Waals surface area contributed by atoms with Crippen LogP contribution >= 0.6 is 0 Å². The van der Waals surface area contributed by atoms with E-state index in [9.17, 15) is 5.26 Å². The summed E-state index contributed by atoms with van der Waals surface area (Å²) in [5, 5.41) is 9.27. The van der Waals surface area contributed by atoms with E-state index in [4.69, 9.17) is 0 Å². The molecule has 4 aliphatic rings. The van der Waals surface area contributed by atoms with Crippen LogP contribution in [0.4, 0.5) is 0 Å². The van der Waals surface area contributed by atoms with Crippen LogP contribution in [-0.2, 0) is 0 Å². The molecule has 4 saturated carbocycles. The van der Waals surface area contributed by atoms with Crippen LogP contribution in [0.1, 0.15) is 38.5 Å². The third-order valence-electron chi connectivity index (χ3n) is 4.42. The lowest BCUT2D eigenvalue weighted by molar-refractivity contribution is -0.0599. The second-order valence-corrected chi connectivity index (χ2v) is 5.85. The van der Waals surface area contributed by atoms with Gasteiger partial charge < -0.3 is 0 Å². The Morgan fingerprint density at radius 1 is 1.15 bits per heavy atom. The van der Waals surface area contributed by atoms with E-state index in [2.05, 4.69) is 13.0 Å². The van der Waals surface area contributed by atoms with Crippen molar-refractivity contribution in [1.82, 2.24) is 0 Å². The molecule has 2 atom stereocenters. The molecule has 4 fully saturated rings. The molecule has 4 aliphatic carbocycles. The van der Waals surface area contributed by atoms with Crippen molar-refractivity contribution >= 4 is 0 Å². The molecule has 4 bridgehead atoms. The zero-order valence-electron chi connectivity index (χ0n) is 8.05. The van der Waals surface area contributed by atoms with Crippen molar-refractivity contribution in [3.05, 3.63) is 6.92 Å². The molecule has 0 heterocycles. The van der Waals surface area contributed by atoms with E-state index in [1.807, 2.05) is 0 Å². The van der Waals surface area contributed by atoms with Gasteiger partial charge in [0, 0.05) is 0 Å². The van der Waals surface area contributed by atoms with Gasteiger partial charge in [0.2, 0.25) is 0 Å². The Bertz CT molecular complexity index is 272. The maximum absolute atomic E-state index is 9.27. The molecule has 0 spiro atoms. The Morgan fingerprint density at radius 2 is 1.77 bits per heavy atom. The fourth-order valence-electron chi connectivity index (χ4n) is 4.58. The third kappa shape index (κ3) is 0.980. The van der Waals surface area contributed by atoms with Gasteiger partial charge in [-0.25, -0.2) is 0 Å². The standard InChI is InChI=1S/C12H16N/c1-11-3-9-2-10(4-11)6-12(5-9,7-11)8-13/h9-10H,1-7H2. The highest BCUT2D eigenvalue weighted by Gasteiger charge is 2.56. The first kappa shape index (κ1) is 7.85. The number of hydrogen-bond donors (Lipinski definition) is 0. The molecular formula is C12H16N. The van der Waals surface area contributed by atoms with E-state index in [1.54, 1.807) is 0 Å². The summed E-state index contributed by atoms with van der Waals surface area (Å²) in [7, 11) is 0. The number of nitriles is 1. The predicted molar refractivity (Wildman–Crippen MR) is 50.5 cm³/mol. The molecule has 0 aromatic heterocycles. The summed E-state index contributed by atoms with van der Waals surface area (Å²) in [6, 6.07) is 2.59. The van der Waals surface area contributed by atoms with Crippen LogP contribution in [0.15, 0.2) is 0 Å². The normalized spacial score (nSPS) is 57.8. The molecule has 1 heteroatoms. The van der Waals surface area contributed by atoms with Crippen molar-refractivity contribution < 1.29 is 0 Å². The van der Waals surface area contributed by atoms with E-state index in [-0.39, 0.29) is 5.41 Å². The summed E-state index contributed by atoms with van der Waals surface area (Å²) in [5.74, 6) is 1.66. The van der Waals surface area contributed by atoms with E-state index in [0.717, 1.165) is 18.3 Å². The number of rotatable bonds is 0. The van der Waals surface area contributed by atoms with E-state index >= 15 is 0 Å². The summed E-state index contributed by atoms with van der Waals surface area (Å²) < 4.78 is 0. The van der Waals surface area contributed by atoms with Crippen LogP contribution in [0.2, 0.25) is 0 Å². The third-order valence-corrected chi connectivity index (χ3v) is 4.42. The lowest BCUT2D eigenvalue weighted by atomic mass is 9.45. The zero-order valence-corrected chi connectivity index (χ0v) is 8.05. The molecule has 2 unspecified atom stereocenters. The predicted octanol–water partition coefficient (Wildman–Crippen LogP) is 2.93. The van der Waals surface area contributed by atoms with Crippen LogP contribution in [0.3, 0.4) is 0 Å². The Morgan fingerprint density at radius 3 is 2.23 bits per heavy atom. The van der Waals surface area contributed by atoms with Crippen LogP contribution < -0.4 is 0 Å². The van der Waals surface area contributed by atoms with Crippen LogP contribution in [-0.4, -0.2) is 0 Å². The number of hydrogen-bond acceptors (Lipinski definition) is 1. The zero-order chi connectivity index (χ0) is 9.10. The average molecular weight is 174 g/mol. The molecule has 69 valence electrons. The van der Waals surface area contributed by atoms with Crippen molar-refractivity contribution in [2.45, 2.75) is 38.5 Å². The lowest BCUT2D eigenvalue weighted by Gasteiger charge is -2.58. The van der Waals surface area contributed by atoms with Gasteiger partial charge in [-0.05, 0) is 62.7 Å². The Kier molecular flexibility index (Phi) is 1.27. The summed E-state index contributed by atoms with van der Waals surface area (Å²) in [6.07, 6.45) is 7.43. The highest BCUT2D eigenvalue weighted by atomic mass is 14.6. The highest BCUT2D eigenvalue weighted by molar-refractivity contribution is 5.15. The molecular weight excluding hydrogens is 158 g/mol. The minimum absolute atomic E-state index is 0.0475. The topological polar surface area (TPSA) is 23.8 Å². The van der Waals surface area contributed by atoms with E-state index in [1.165, 1.54) is 32.1 Å². The average Bonchev–Trinajstić information content (AvgIpc) is 1.99. The maximum Gasteiger partial charge on any atom is 0.0690 e. The second kappa shape index (κ2) is 2.11. The molecule has 13 heavy (non-hydrogen) atoms. The lowest BCUT2D eigenvalue weighted by Crippen LogP contribution is -2.50. The van der Waals surface area contributed by atoms with E-state index in [0.29, 0.717) is 5.41 Å². The fourth-order valence-corrected chi connectivity index (χ4v) is 4.58. The van der Waals surface area contributed by atoms with Crippen LogP contribution in [0.5, 0.6) is 0 Å². The Hall–Kier alpha value is -0.510. The first-order chi connectivity index (χ1) is 6.13. The van der Waals surface area contributed by atoms with Gasteiger partial charge in [-0.1, -0.05) is 0 Å². The molecule has 1 nitrogen and oxygen atoms in total. The molecule has 0 aromatic rings. The highest BCUT2D eigenvalue weighted by Crippen LogP contribution is 2.64. The van der Waals surface area contributed by atoms with Gasteiger partial charge in [0.05, 0.1) is 11.5 Å². The quantitative estimate of drug-likeness (QED) is 0.554. The maximum atomic E-state index is 9.27. The van der Waals surface area contributed by atoms with Crippen molar-refractivity contribution in [3.8, 4) is 6.07 Å². The van der Waals surface area contributed by atoms with Crippen molar-refractivity contribution in [2.75, 3.05) is 0 Å². The molecule has 0 saturated heterocycles. The van der Waals surface area contributed by atoms with Crippen molar-refractivity contribution in [3.63, 3.8) is 0 Å². The summed E-state index contributed by atoms with van der Waals surface area (Å²) in [6.45, 7) is 4.37. The molecule has 0 aromatic carbocycles. The first-order valence-corrected chi connectivity index (χ1v) is 5.40. The first-order valence-electron chi connectivity index (χ1n) is 5.40. The van der Waals surface area contributed by atoms with Gasteiger partial charge in [0.25, 0.3) is 0 Å². The van der Waals surface area contributed by atoms with Gasteiger partial charge in [-0.15, -0.1) is 0 Å². The molecule has 4 rings (SSSR count). The molecule has 1 radical (unpaired) electrons. The largest absolute Gasteiger partial charge is 0.198 e. The minimum Gasteiger partial charge on any atom is -0.198 e. The summed E-state index contributed by atoms with van der Waals surface area (Å²) in [4.78, 5) is 0. The van der Waals surface area contributed by atoms with Crippen LogP contribution in [0.25, 0.3) is 0 Å². The molecule has 0 N–H and O–H groups in total. The van der Waals surface area contributed by atoms with Gasteiger partial charge in [0.15, 0.2) is 0 Å². The van der Waals surface area contributed by atoms with Crippen molar-refractivity contribution in [1.29, 1.82) is 5.26 Å². The smallest absolute Gasteiger partial charge is 0.0690 e. The van der Waals surface area contributed by atoms with Gasteiger partial charge >= 0.3 is 0 Å². The molecule has 0 amide bonds. The SMILES string of the molecule is [CH2]C12CC3CC(C1)CC(C#N)(C3)C2. The Labute approximate surface area is 80.1 Å². The van der Waals surface area contributed by atoms with Crippen LogP contribution in [0, 0.1) is 40.9 Å². The van der Waals surface area contributed by atoms with E-state index < -0.39 is 0 Å². The summed E-state index contributed by atoms with van der Waals surface area (Å²) >= 11 is 0. The minimum atomic E-state index is 0.0475. The van der Waals surface area contributed by atoms with Gasteiger partial charge in [0.1, 0.15) is 0 Å². The summed E-state index contributed by atoms with van der Waals surface area (Å²) in [5.41, 5.74) is 0.339. The van der Waals surface area contributed by atoms with Crippen molar-refractivity contribution in [2.24, 2.45) is 22.7 Å². The fraction of sp³-hybridized carbons (Fsp3) is 0.833. The number of nitrogens with zero attached hydrogens (tertiary/aromatic N) is 1. The van der Waals surface area contributed by atoms with Gasteiger partial charge in [-0.2, -0.15) is 5.26 Å². The Balaban J connectivity index is 2.01. The monoisotopic (exact) mass is 174 g/mol. The second-order valence-electron chi connectivity index (χ2n) is 5.85. The molecule has 0 aliphatic heterocycles. The van der Waals surface area contributed by atoms with Gasteiger partial charge in [-0.3, -0.25) is 0 Å².